The zero-order valence-electron chi connectivity index (χ0n) is 11.6. The molecule has 1 aromatic rings. The van der Waals surface area contributed by atoms with Crippen LogP contribution in [-0.2, 0) is 18.6 Å². The Morgan fingerprint density at radius 2 is 2.14 bits per heavy atom. The maximum Gasteiger partial charge on any atom is 0.337 e. The van der Waals surface area contributed by atoms with E-state index in [1.54, 1.807) is 0 Å². The van der Waals surface area contributed by atoms with Gasteiger partial charge in [0.2, 0.25) is 15.0 Å². The van der Waals surface area contributed by atoms with Crippen molar-refractivity contribution in [2.45, 2.75) is 6.42 Å². The number of methoxy groups -OCH3 is 1. The van der Waals surface area contributed by atoms with Crippen LogP contribution in [0.15, 0.2) is 18.2 Å². The van der Waals surface area contributed by atoms with Crippen LogP contribution in [-0.4, -0.2) is 39.7 Å². The molecule has 0 aromatic heterocycles. The molecule has 0 spiro atoms. The second-order valence-electron chi connectivity index (χ2n) is 4.94. The van der Waals surface area contributed by atoms with E-state index in [0.717, 1.165) is 0 Å². The number of ether oxygens (including phenoxy) is 1. The summed E-state index contributed by atoms with van der Waals surface area (Å²) in [6.07, 6.45) is 0.0602. The summed E-state index contributed by atoms with van der Waals surface area (Å²) in [6, 6.07) is 4.42. The van der Waals surface area contributed by atoms with Crippen LogP contribution in [0.2, 0.25) is 5.02 Å². The molecular weight excluding hydrogens is 353 g/mol. The van der Waals surface area contributed by atoms with E-state index < -0.39 is 20.9 Å². The molecule has 1 aliphatic heterocycles. The van der Waals surface area contributed by atoms with E-state index in [1.807, 2.05) is 0 Å². The molecule has 1 aliphatic rings. The molecule has 1 amide bonds. The van der Waals surface area contributed by atoms with Gasteiger partial charge < -0.3 is 9.64 Å². The molecule has 2 rings (SSSR count). The van der Waals surface area contributed by atoms with Gasteiger partial charge in [0, 0.05) is 29.6 Å². The van der Waals surface area contributed by atoms with E-state index in [9.17, 15) is 18.0 Å². The Bertz CT molecular complexity index is 719. The summed E-state index contributed by atoms with van der Waals surface area (Å²) >= 11 is 6.08. The number of halogens is 2. The van der Waals surface area contributed by atoms with Gasteiger partial charge in [0.15, 0.2) is 0 Å². The van der Waals surface area contributed by atoms with Crippen LogP contribution < -0.4 is 4.90 Å². The highest BCUT2D eigenvalue weighted by molar-refractivity contribution is 8.13. The van der Waals surface area contributed by atoms with Crippen molar-refractivity contribution in [2.24, 2.45) is 5.92 Å². The minimum atomic E-state index is -3.69. The van der Waals surface area contributed by atoms with Crippen LogP contribution in [0.1, 0.15) is 16.8 Å². The summed E-state index contributed by atoms with van der Waals surface area (Å²) in [5, 5.41) is 0.287. The standard InChI is InChI=1S/C13H13Cl2NO5S/c1-21-13(18)9-2-3-10(14)11(5-9)16-6-8(4-12(16)17)7-22(15,19)20/h2-3,5,8H,4,6-7H2,1H3. The fraction of sp³-hybridized carbons (Fsp3) is 0.385. The third-order valence-corrected chi connectivity index (χ3v) is 4.87. The van der Waals surface area contributed by atoms with Gasteiger partial charge in [-0.1, -0.05) is 11.6 Å². The number of rotatable bonds is 4. The maximum absolute atomic E-state index is 12.1. The highest BCUT2D eigenvalue weighted by Gasteiger charge is 2.34. The second-order valence-corrected chi connectivity index (χ2v) is 8.17. The Balaban J connectivity index is 2.28. The van der Waals surface area contributed by atoms with Gasteiger partial charge in [-0.15, -0.1) is 0 Å². The number of carbonyl (C=O) groups is 2. The Kier molecular flexibility index (Phi) is 4.99. The first kappa shape index (κ1) is 17.1. The fourth-order valence-corrected chi connectivity index (χ4v) is 3.91. The van der Waals surface area contributed by atoms with E-state index in [2.05, 4.69) is 4.74 Å². The first-order chi connectivity index (χ1) is 10.2. The lowest BCUT2D eigenvalue weighted by molar-refractivity contribution is -0.117. The summed E-state index contributed by atoms with van der Waals surface area (Å²) < 4.78 is 26.9. The van der Waals surface area contributed by atoms with E-state index >= 15 is 0 Å². The highest BCUT2D eigenvalue weighted by atomic mass is 35.7. The van der Waals surface area contributed by atoms with Crippen LogP contribution in [0.3, 0.4) is 0 Å². The topological polar surface area (TPSA) is 80.8 Å². The first-order valence-electron chi connectivity index (χ1n) is 6.32. The number of nitrogens with zero attached hydrogens (tertiary/aromatic N) is 1. The largest absolute Gasteiger partial charge is 0.465 e. The number of amides is 1. The minimum absolute atomic E-state index is 0.0602. The van der Waals surface area contributed by atoms with Gasteiger partial charge in [-0.2, -0.15) is 0 Å². The van der Waals surface area contributed by atoms with Crippen molar-refractivity contribution in [1.29, 1.82) is 0 Å². The highest BCUT2D eigenvalue weighted by Crippen LogP contribution is 2.33. The average molecular weight is 366 g/mol. The molecule has 1 fully saturated rings. The molecule has 0 N–H and O–H groups in total. The Morgan fingerprint density at radius 1 is 1.45 bits per heavy atom. The van der Waals surface area contributed by atoms with Crippen molar-refractivity contribution in [3.8, 4) is 0 Å². The molecule has 0 radical (unpaired) electrons. The van der Waals surface area contributed by atoms with Crippen LogP contribution in [0.4, 0.5) is 5.69 Å². The monoisotopic (exact) mass is 365 g/mol. The van der Waals surface area contributed by atoms with E-state index in [1.165, 1.54) is 30.2 Å². The van der Waals surface area contributed by atoms with E-state index in [0.29, 0.717) is 5.69 Å². The van der Waals surface area contributed by atoms with Crippen molar-refractivity contribution in [2.75, 3.05) is 24.3 Å². The Labute approximate surface area is 137 Å². The third-order valence-electron chi connectivity index (χ3n) is 3.30. The summed E-state index contributed by atoms with van der Waals surface area (Å²) in [6.45, 7) is 0.176. The fourth-order valence-electron chi connectivity index (χ4n) is 2.37. The molecule has 9 heteroatoms. The van der Waals surface area contributed by atoms with Crippen LogP contribution >= 0.6 is 22.3 Å². The SMILES string of the molecule is COC(=O)c1ccc(Cl)c(N2CC(CS(=O)(=O)Cl)CC2=O)c1. The van der Waals surface area contributed by atoms with Gasteiger partial charge in [0.1, 0.15) is 0 Å². The summed E-state index contributed by atoms with van der Waals surface area (Å²) in [5.41, 5.74) is 0.604. The quantitative estimate of drug-likeness (QED) is 0.602. The minimum Gasteiger partial charge on any atom is -0.465 e. The summed E-state index contributed by atoms with van der Waals surface area (Å²) in [7, 11) is 2.79. The lowest BCUT2D eigenvalue weighted by atomic mass is 10.1. The zero-order chi connectivity index (χ0) is 16.5. The molecule has 1 aromatic carbocycles. The number of esters is 1. The molecule has 0 saturated carbocycles. The van der Waals surface area contributed by atoms with E-state index in [4.69, 9.17) is 22.3 Å². The van der Waals surface area contributed by atoms with Gasteiger partial charge in [-0.25, -0.2) is 13.2 Å². The van der Waals surface area contributed by atoms with Crippen molar-refractivity contribution in [3.05, 3.63) is 28.8 Å². The predicted molar refractivity (Wildman–Crippen MR) is 82.9 cm³/mol. The summed E-state index contributed by atoms with van der Waals surface area (Å²) in [5.74, 6) is -1.52. The molecule has 1 saturated heterocycles. The maximum atomic E-state index is 12.1. The van der Waals surface area contributed by atoms with Crippen LogP contribution in [0, 0.1) is 5.92 Å². The molecule has 0 aliphatic carbocycles. The molecule has 1 atom stereocenters. The van der Waals surface area contributed by atoms with Gasteiger partial charge in [-0.3, -0.25) is 4.79 Å². The number of hydrogen-bond donors (Lipinski definition) is 0. The lowest BCUT2D eigenvalue weighted by Gasteiger charge is -2.18. The third kappa shape index (κ3) is 3.91. The lowest BCUT2D eigenvalue weighted by Crippen LogP contribution is -2.26. The van der Waals surface area contributed by atoms with Crippen molar-refractivity contribution in [3.63, 3.8) is 0 Å². The van der Waals surface area contributed by atoms with E-state index in [-0.39, 0.29) is 35.2 Å². The molecule has 1 unspecified atom stereocenters. The molecular formula is C13H13Cl2NO5S. The molecule has 22 heavy (non-hydrogen) atoms. The normalized spacial score (nSPS) is 18.6. The first-order valence-corrected chi connectivity index (χ1v) is 9.17. The number of carbonyl (C=O) groups excluding carboxylic acids is 2. The number of hydrogen-bond acceptors (Lipinski definition) is 5. The molecule has 120 valence electrons. The zero-order valence-corrected chi connectivity index (χ0v) is 13.9. The predicted octanol–water partition coefficient (Wildman–Crippen LogP) is 2.05. The van der Waals surface area contributed by atoms with Gasteiger partial charge in [0.05, 0.1) is 29.1 Å². The van der Waals surface area contributed by atoms with Crippen molar-refractivity contribution in [1.82, 2.24) is 0 Å². The molecule has 6 nitrogen and oxygen atoms in total. The van der Waals surface area contributed by atoms with Crippen LogP contribution in [0.25, 0.3) is 0 Å². The van der Waals surface area contributed by atoms with Crippen molar-refractivity contribution >= 4 is 48.9 Å². The van der Waals surface area contributed by atoms with Gasteiger partial charge >= 0.3 is 5.97 Å². The van der Waals surface area contributed by atoms with Crippen molar-refractivity contribution < 1.29 is 22.7 Å². The Morgan fingerprint density at radius 3 is 2.73 bits per heavy atom. The van der Waals surface area contributed by atoms with Gasteiger partial charge in [0.25, 0.3) is 0 Å². The molecule has 0 bridgehead atoms. The summed E-state index contributed by atoms with van der Waals surface area (Å²) in [4.78, 5) is 25.0. The molecule has 1 heterocycles. The number of anilines is 1. The van der Waals surface area contributed by atoms with Gasteiger partial charge in [-0.05, 0) is 18.2 Å². The number of benzene rings is 1. The Hall–Kier alpha value is -1.31. The smallest absolute Gasteiger partial charge is 0.337 e. The van der Waals surface area contributed by atoms with Crippen LogP contribution in [0.5, 0.6) is 0 Å². The average Bonchev–Trinajstić information content (AvgIpc) is 2.76. The second kappa shape index (κ2) is 6.44.